The maximum atomic E-state index is 9.95. The number of hydrogen-bond acceptors (Lipinski definition) is 2. The average molecular weight is 444 g/mol. The van der Waals surface area contributed by atoms with Gasteiger partial charge in [-0.1, -0.05) is 81.8 Å². The zero-order chi connectivity index (χ0) is 24.2. The van der Waals surface area contributed by atoms with E-state index in [0.29, 0.717) is 5.75 Å². The standard InChI is InChI=1S/C26H30O.C4H7NO/c1-4-6-7-8-20-9-11-22(12-10-20)23-13-15-25(19(3)17-23)26-16-14-24(27)18-21(26)5-2;1-3-4(6)5-2/h9-18,27H,4-8H2,1-3H3;3H,1H2,2H3,(H,5,6). The molecule has 2 N–H and O–H groups in total. The van der Waals surface area contributed by atoms with Crippen molar-refractivity contribution in [1.29, 1.82) is 0 Å². The molecule has 3 rings (SSSR count). The van der Waals surface area contributed by atoms with Crippen LogP contribution in [0, 0.1) is 6.92 Å². The van der Waals surface area contributed by atoms with Gasteiger partial charge >= 0.3 is 0 Å². The summed E-state index contributed by atoms with van der Waals surface area (Å²) in [5.41, 5.74) is 8.86. The maximum absolute atomic E-state index is 9.95. The van der Waals surface area contributed by atoms with Gasteiger partial charge in [-0.05, 0) is 83.3 Å². The van der Waals surface area contributed by atoms with Crippen molar-refractivity contribution in [1.82, 2.24) is 5.32 Å². The summed E-state index contributed by atoms with van der Waals surface area (Å²) in [6, 6.07) is 21.4. The third kappa shape index (κ3) is 7.64. The van der Waals surface area contributed by atoms with Crippen LogP contribution >= 0.6 is 0 Å². The van der Waals surface area contributed by atoms with Crippen molar-refractivity contribution in [3.63, 3.8) is 0 Å². The van der Waals surface area contributed by atoms with Crippen molar-refractivity contribution in [2.75, 3.05) is 7.05 Å². The number of likely N-dealkylation sites (N-methyl/N-ethyl adjacent to an activating group) is 1. The van der Waals surface area contributed by atoms with Crippen LogP contribution in [0.4, 0.5) is 0 Å². The van der Waals surface area contributed by atoms with Crippen LogP contribution in [0.25, 0.3) is 22.3 Å². The molecule has 33 heavy (non-hydrogen) atoms. The topological polar surface area (TPSA) is 49.3 Å². The number of hydrogen-bond donors (Lipinski definition) is 2. The number of carbonyl (C=O) groups excluding carboxylic acids is 1. The summed E-state index contributed by atoms with van der Waals surface area (Å²) in [4.78, 5) is 9.95. The molecule has 3 nitrogen and oxygen atoms in total. The minimum absolute atomic E-state index is 0.144. The first-order valence-corrected chi connectivity index (χ1v) is 11.8. The number of aryl methyl sites for hydroxylation is 3. The molecule has 0 aromatic heterocycles. The van der Waals surface area contributed by atoms with E-state index in [1.165, 1.54) is 70.7 Å². The molecule has 3 aromatic carbocycles. The van der Waals surface area contributed by atoms with Crippen molar-refractivity contribution in [3.8, 4) is 28.0 Å². The summed E-state index contributed by atoms with van der Waals surface area (Å²) in [5, 5.41) is 12.1. The number of carbonyl (C=O) groups is 1. The highest BCUT2D eigenvalue weighted by Gasteiger charge is 2.09. The first-order valence-electron chi connectivity index (χ1n) is 11.8. The number of nitrogens with one attached hydrogen (secondary N) is 1. The predicted molar refractivity (Wildman–Crippen MR) is 141 cm³/mol. The molecule has 0 saturated heterocycles. The van der Waals surface area contributed by atoms with Gasteiger partial charge in [0, 0.05) is 7.05 Å². The van der Waals surface area contributed by atoms with Gasteiger partial charge in [0.15, 0.2) is 0 Å². The first-order chi connectivity index (χ1) is 15.9. The normalized spacial score (nSPS) is 10.2. The lowest BCUT2D eigenvalue weighted by atomic mass is 9.92. The Hall–Kier alpha value is -3.33. The van der Waals surface area contributed by atoms with Crippen LogP contribution in [0.5, 0.6) is 5.75 Å². The highest BCUT2D eigenvalue weighted by atomic mass is 16.3. The fraction of sp³-hybridized carbons (Fsp3) is 0.300. The summed E-state index contributed by atoms with van der Waals surface area (Å²) in [5.74, 6) is 0.193. The minimum Gasteiger partial charge on any atom is -0.508 e. The molecule has 0 radical (unpaired) electrons. The largest absolute Gasteiger partial charge is 0.508 e. The summed E-state index contributed by atoms with van der Waals surface area (Å²) in [6.07, 6.45) is 7.15. The number of aromatic hydroxyl groups is 1. The molecule has 0 aliphatic carbocycles. The fourth-order valence-corrected chi connectivity index (χ4v) is 3.83. The van der Waals surface area contributed by atoms with E-state index < -0.39 is 0 Å². The molecule has 3 aromatic rings. The van der Waals surface area contributed by atoms with Gasteiger partial charge in [-0.25, -0.2) is 0 Å². The van der Waals surface area contributed by atoms with Crippen molar-refractivity contribution < 1.29 is 9.90 Å². The number of phenolic OH excluding ortho intramolecular Hbond substituents is 1. The molecule has 3 heteroatoms. The Morgan fingerprint density at radius 2 is 1.61 bits per heavy atom. The summed E-state index contributed by atoms with van der Waals surface area (Å²) in [6.45, 7) is 9.77. The van der Waals surface area contributed by atoms with Gasteiger partial charge in [-0.3, -0.25) is 4.79 Å². The Morgan fingerprint density at radius 3 is 2.15 bits per heavy atom. The SMILES string of the molecule is C=CC(=O)NC.CCCCCc1ccc(-c2ccc(-c3ccc(O)cc3CC)c(C)c2)cc1. The van der Waals surface area contributed by atoms with Crippen LogP contribution in [0.15, 0.2) is 73.3 Å². The van der Waals surface area contributed by atoms with Gasteiger partial charge in [-0.15, -0.1) is 0 Å². The number of unbranched alkanes of at least 4 members (excludes halogenated alkanes) is 2. The van der Waals surface area contributed by atoms with Crippen molar-refractivity contribution in [2.45, 2.75) is 52.9 Å². The second-order valence-corrected chi connectivity index (χ2v) is 8.20. The Balaban J connectivity index is 0.000000569. The lowest BCUT2D eigenvalue weighted by molar-refractivity contribution is -0.116. The molecule has 0 bridgehead atoms. The summed E-state index contributed by atoms with van der Waals surface area (Å²) in [7, 11) is 1.56. The van der Waals surface area contributed by atoms with E-state index >= 15 is 0 Å². The van der Waals surface area contributed by atoms with Crippen LogP contribution in [-0.2, 0) is 17.6 Å². The van der Waals surface area contributed by atoms with Crippen LogP contribution in [0.2, 0.25) is 0 Å². The molecular weight excluding hydrogens is 406 g/mol. The fourth-order valence-electron chi connectivity index (χ4n) is 3.83. The molecule has 0 atom stereocenters. The molecule has 0 heterocycles. The van der Waals surface area contributed by atoms with Crippen LogP contribution < -0.4 is 5.32 Å². The zero-order valence-electron chi connectivity index (χ0n) is 20.4. The molecule has 0 fully saturated rings. The van der Waals surface area contributed by atoms with Crippen molar-refractivity contribution in [3.05, 3.63) is 90.0 Å². The Kier molecular flexibility index (Phi) is 10.4. The first kappa shape index (κ1) is 25.9. The van der Waals surface area contributed by atoms with E-state index in [0.717, 1.165) is 6.42 Å². The zero-order valence-corrected chi connectivity index (χ0v) is 20.4. The maximum Gasteiger partial charge on any atom is 0.243 e. The van der Waals surface area contributed by atoms with Gasteiger partial charge in [0.05, 0.1) is 0 Å². The van der Waals surface area contributed by atoms with Gasteiger partial charge in [0.25, 0.3) is 0 Å². The molecule has 0 spiro atoms. The molecular formula is C30H37NO2. The molecule has 0 saturated carbocycles. The number of benzene rings is 3. The van der Waals surface area contributed by atoms with Gasteiger partial charge in [-0.2, -0.15) is 0 Å². The minimum atomic E-state index is -0.144. The third-order valence-electron chi connectivity index (χ3n) is 5.77. The van der Waals surface area contributed by atoms with E-state index in [4.69, 9.17) is 0 Å². The van der Waals surface area contributed by atoms with E-state index in [1.807, 2.05) is 12.1 Å². The number of amides is 1. The summed E-state index contributed by atoms with van der Waals surface area (Å²) >= 11 is 0. The van der Waals surface area contributed by atoms with Crippen molar-refractivity contribution in [2.24, 2.45) is 0 Å². The summed E-state index contributed by atoms with van der Waals surface area (Å²) < 4.78 is 0. The van der Waals surface area contributed by atoms with E-state index in [-0.39, 0.29) is 5.91 Å². The number of rotatable bonds is 8. The molecule has 0 aliphatic heterocycles. The highest BCUT2D eigenvalue weighted by molar-refractivity contribution is 5.86. The van der Waals surface area contributed by atoms with E-state index in [9.17, 15) is 9.90 Å². The van der Waals surface area contributed by atoms with Gasteiger partial charge in [0.2, 0.25) is 5.91 Å². The monoisotopic (exact) mass is 443 g/mol. The quantitative estimate of drug-likeness (QED) is 0.284. The second kappa shape index (κ2) is 13.3. The third-order valence-corrected chi connectivity index (χ3v) is 5.77. The Labute approximate surface area is 199 Å². The Bertz CT molecular complexity index is 1050. The second-order valence-electron chi connectivity index (χ2n) is 8.20. The Morgan fingerprint density at radius 1 is 0.939 bits per heavy atom. The van der Waals surface area contributed by atoms with Crippen LogP contribution in [0.1, 0.15) is 49.8 Å². The average Bonchev–Trinajstić information content (AvgIpc) is 2.84. The number of phenols is 1. The van der Waals surface area contributed by atoms with E-state index in [2.05, 4.69) is 75.1 Å². The van der Waals surface area contributed by atoms with E-state index in [1.54, 1.807) is 13.1 Å². The smallest absolute Gasteiger partial charge is 0.243 e. The van der Waals surface area contributed by atoms with Crippen LogP contribution in [-0.4, -0.2) is 18.1 Å². The van der Waals surface area contributed by atoms with Gasteiger partial charge < -0.3 is 10.4 Å². The molecule has 0 unspecified atom stereocenters. The predicted octanol–water partition coefficient (Wildman–Crippen LogP) is 7.25. The molecule has 0 aliphatic rings. The molecule has 174 valence electrons. The lowest BCUT2D eigenvalue weighted by Crippen LogP contribution is -2.13. The molecule has 1 amide bonds. The lowest BCUT2D eigenvalue weighted by Gasteiger charge is -2.13. The van der Waals surface area contributed by atoms with Gasteiger partial charge in [0.1, 0.15) is 5.75 Å². The van der Waals surface area contributed by atoms with Crippen molar-refractivity contribution >= 4 is 5.91 Å². The highest BCUT2D eigenvalue weighted by Crippen LogP contribution is 2.32. The van der Waals surface area contributed by atoms with Crippen LogP contribution in [0.3, 0.4) is 0 Å².